The first-order valence-corrected chi connectivity index (χ1v) is 9.81. The van der Waals surface area contributed by atoms with Crippen LogP contribution in [0.1, 0.15) is 40.0 Å². The molecule has 8 heteroatoms. The molecular formula is C19H25F5O3. The topological polar surface area (TPSA) is 49.7 Å². The van der Waals surface area contributed by atoms with E-state index in [1.54, 1.807) is 0 Å². The molecule has 4 bridgehead atoms. The van der Waals surface area contributed by atoms with Gasteiger partial charge in [0.15, 0.2) is 5.60 Å². The molecule has 5 rings (SSSR count). The highest BCUT2D eigenvalue weighted by Crippen LogP contribution is 2.77. The highest BCUT2D eigenvalue weighted by Gasteiger charge is 2.91. The van der Waals surface area contributed by atoms with E-state index < -0.39 is 35.0 Å². The van der Waals surface area contributed by atoms with Crippen molar-refractivity contribution in [1.82, 2.24) is 0 Å². The van der Waals surface area contributed by atoms with Gasteiger partial charge < -0.3 is 14.9 Å². The zero-order chi connectivity index (χ0) is 19.9. The molecule has 0 radical (unpaired) electrons. The molecular weight excluding hydrogens is 371 g/mol. The van der Waals surface area contributed by atoms with Crippen LogP contribution in [0.15, 0.2) is 0 Å². The van der Waals surface area contributed by atoms with Gasteiger partial charge in [0.2, 0.25) is 0 Å². The quantitative estimate of drug-likeness (QED) is 0.486. The number of halogens is 5. The van der Waals surface area contributed by atoms with E-state index in [9.17, 15) is 32.2 Å². The smallest absolute Gasteiger partial charge is 0.381 e. The number of alkyl halides is 5. The normalized spacial score (nSPS) is 63.3. The van der Waals surface area contributed by atoms with Crippen LogP contribution in [-0.4, -0.2) is 39.3 Å². The first-order chi connectivity index (χ1) is 12.2. The Bertz CT molecular complexity index is 693. The Kier molecular flexibility index (Phi) is 3.19. The lowest BCUT2D eigenvalue weighted by Crippen LogP contribution is -2.65. The second-order valence-corrected chi connectivity index (χ2v) is 10.0. The minimum Gasteiger partial charge on any atom is -0.381 e. The molecule has 0 aromatic heterocycles. The highest BCUT2D eigenvalue weighted by atomic mass is 19.4. The van der Waals surface area contributed by atoms with Crippen LogP contribution < -0.4 is 0 Å². The van der Waals surface area contributed by atoms with E-state index in [4.69, 9.17) is 4.74 Å². The third-order valence-electron chi connectivity index (χ3n) is 9.46. The summed E-state index contributed by atoms with van der Waals surface area (Å²) in [6, 6.07) is 0. The van der Waals surface area contributed by atoms with Gasteiger partial charge in [0, 0.05) is 0 Å². The molecule has 1 heterocycles. The molecule has 2 N–H and O–H groups in total. The molecule has 0 amide bonds. The van der Waals surface area contributed by atoms with E-state index in [0.29, 0.717) is 37.0 Å². The summed E-state index contributed by atoms with van der Waals surface area (Å²) in [5.74, 6) is -8.23. The van der Waals surface area contributed by atoms with Gasteiger partial charge in [-0.3, -0.25) is 0 Å². The summed E-state index contributed by atoms with van der Waals surface area (Å²) in [4.78, 5) is 0. The van der Waals surface area contributed by atoms with Gasteiger partial charge in [0.1, 0.15) is 5.60 Å². The maximum absolute atomic E-state index is 14.8. The third kappa shape index (κ3) is 1.65. The summed E-state index contributed by atoms with van der Waals surface area (Å²) < 4.78 is 74.8. The average Bonchev–Trinajstić information content (AvgIpc) is 3.26. The Morgan fingerprint density at radius 1 is 0.963 bits per heavy atom. The van der Waals surface area contributed by atoms with Gasteiger partial charge in [0.25, 0.3) is 0 Å². The molecule has 11 unspecified atom stereocenters. The monoisotopic (exact) mass is 396 g/mol. The molecule has 4 saturated carbocycles. The Morgan fingerprint density at radius 2 is 1.52 bits per heavy atom. The van der Waals surface area contributed by atoms with Crippen LogP contribution in [0.25, 0.3) is 0 Å². The minimum atomic E-state index is -5.71. The van der Waals surface area contributed by atoms with Crippen LogP contribution >= 0.6 is 0 Å². The fraction of sp³-hybridized carbons (Fsp3) is 1.00. The number of rotatable bonds is 0. The molecule has 0 aromatic rings. The van der Waals surface area contributed by atoms with Crippen LogP contribution in [-0.2, 0) is 4.74 Å². The predicted molar refractivity (Wildman–Crippen MR) is 83.5 cm³/mol. The molecule has 154 valence electrons. The van der Waals surface area contributed by atoms with E-state index in [2.05, 4.69) is 13.8 Å². The van der Waals surface area contributed by atoms with Crippen molar-refractivity contribution in [2.24, 2.45) is 47.3 Å². The van der Waals surface area contributed by atoms with Crippen LogP contribution in [0.2, 0.25) is 0 Å². The SMILES string of the molecule is CC1C(C)C2CC1C1C3CC(C21)C1(C3)OC(O)(C(F)(F)F)C(F)(F)C1(C)O. The van der Waals surface area contributed by atoms with Gasteiger partial charge in [-0.15, -0.1) is 0 Å². The highest BCUT2D eigenvalue weighted by molar-refractivity contribution is 5.29. The first-order valence-electron chi connectivity index (χ1n) is 9.81. The second kappa shape index (κ2) is 4.64. The summed E-state index contributed by atoms with van der Waals surface area (Å²) in [5.41, 5.74) is -5.16. The summed E-state index contributed by atoms with van der Waals surface area (Å²) in [6.07, 6.45) is -4.30. The van der Waals surface area contributed by atoms with Gasteiger partial charge in [-0.05, 0) is 73.5 Å². The Labute approximate surface area is 154 Å². The van der Waals surface area contributed by atoms with Crippen LogP contribution in [0.5, 0.6) is 0 Å². The lowest BCUT2D eigenvalue weighted by molar-refractivity contribution is -0.418. The molecule has 1 saturated heterocycles. The Balaban J connectivity index is 1.60. The third-order valence-corrected chi connectivity index (χ3v) is 9.46. The maximum Gasteiger partial charge on any atom is 0.449 e. The molecule has 27 heavy (non-hydrogen) atoms. The summed E-state index contributed by atoms with van der Waals surface area (Å²) in [6.45, 7) is 5.04. The summed E-state index contributed by atoms with van der Waals surface area (Å²) in [7, 11) is 0. The molecule has 1 spiro atoms. The summed E-state index contributed by atoms with van der Waals surface area (Å²) >= 11 is 0. The van der Waals surface area contributed by atoms with E-state index in [1.165, 1.54) is 0 Å². The van der Waals surface area contributed by atoms with E-state index in [0.717, 1.165) is 6.42 Å². The number of hydrogen-bond acceptors (Lipinski definition) is 3. The van der Waals surface area contributed by atoms with Gasteiger partial charge in [0.05, 0.1) is 0 Å². The van der Waals surface area contributed by atoms with Crippen LogP contribution in [0.4, 0.5) is 22.0 Å². The molecule has 11 atom stereocenters. The first kappa shape index (κ1) is 18.6. The molecule has 1 aliphatic heterocycles. The standard InChI is InChI=1S/C19H25F5O3/c1-7-8(2)11-5-10(7)13-9-4-12(14(11)13)16(6-9)15(3,25)17(20,21)18(26,27-16)19(22,23)24/h7-14,25-26H,4-6H2,1-3H3. The van der Waals surface area contributed by atoms with Gasteiger partial charge in [-0.2, -0.15) is 22.0 Å². The predicted octanol–water partition coefficient (Wildman–Crippen LogP) is 3.59. The largest absolute Gasteiger partial charge is 0.449 e. The molecule has 4 aliphatic carbocycles. The lowest BCUT2D eigenvalue weighted by Gasteiger charge is -2.50. The maximum atomic E-state index is 14.8. The number of hydrogen-bond donors (Lipinski definition) is 2. The minimum absolute atomic E-state index is 0.0159. The molecule has 5 fully saturated rings. The van der Waals surface area contributed by atoms with Crippen molar-refractivity contribution in [3.63, 3.8) is 0 Å². The summed E-state index contributed by atoms with van der Waals surface area (Å²) in [5, 5.41) is 20.7. The van der Waals surface area contributed by atoms with Crippen molar-refractivity contribution >= 4 is 0 Å². The Hall–Kier alpha value is -0.470. The fourth-order valence-corrected chi connectivity index (χ4v) is 8.18. The molecule has 5 aliphatic rings. The van der Waals surface area contributed by atoms with Gasteiger partial charge in [-0.25, -0.2) is 0 Å². The molecule has 0 aromatic carbocycles. The lowest BCUT2D eigenvalue weighted by atomic mass is 9.58. The second-order valence-electron chi connectivity index (χ2n) is 10.0. The number of ether oxygens (including phenoxy) is 1. The van der Waals surface area contributed by atoms with Crippen molar-refractivity contribution < 1.29 is 36.9 Å². The van der Waals surface area contributed by atoms with Crippen LogP contribution in [0.3, 0.4) is 0 Å². The van der Waals surface area contributed by atoms with Crippen molar-refractivity contribution in [3.8, 4) is 0 Å². The van der Waals surface area contributed by atoms with E-state index in [1.807, 2.05) is 0 Å². The fourth-order valence-electron chi connectivity index (χ4n) is 8.18. The average molecular weight is 396 g/mol. The number of fused-ring (bicyclic) bond motifs is 10. The van der Waals surface area contributed by atoms with Gasteiger partial charge in [-0.1, -0.05) is 13.8 Å². The zero-order valence-corrected chi connectivity index (χ0v) is 15.4. The van der Waals surface area contributed by atoms with Crippen molar-refractivity contribution in [2.45, 2.75) is 69.1 Å². The van der Waals surface area contributed by atoms with Crippen molar-refractivity contribution in [3.05, 3.63) is 0 Å². The number of aliphatic hydroxyl groups is 2. The molecule has 3 nitrogen and oxygen atoms in total. The van der Waals surface area contributed by atoms with Crippen molar-refractivity contribution in [1.29, 1.82) is 0 Å². The van der Waals surface area contributed by atoms with Crippen LogP contribution in [0, 0.1) is 47.3 Å². The van der Waals surface area contributed by atoms with Crippen molar-refractivity contribution in [2.75, 3.05) is 0 Å². The van der Waals surface area contributed by atoms with E-state index >= 15 is 0 Å². The Morgan fingerprint density at radius 3 is 2.04 bits per heavy atom. The van der Waals surface area contributed by atoms with E-state index in [-0.39, 0.29) is 24.2 Å². The zero-order valence-electron chi connectivity index (χ0n) is 15.4. The van der Waals surface area contributed by atoms with Gasteiger partial charge >= 0.3 is 17.9 Å².